The highest BCUT2D eigenvalue weighted by Gasteiger charge is 2.52. The molecule has 3 rings (SSSR count). The Labute approximate surface area is 119 Å². The summed E-state index contributed by atoms with van der Waals surface area (Å²) in [6.07, 6.45) is 3.03. The fraction of sp³-hybridized carbons (Fsp3) is 0.333. The molecule has 2 aromatic carbocycles. The van der Waals surface area contributed by atoms with Gasteiger partial charge in [-0.25, -0.2) is 0 Å². The Bertz CT molecular complexity index is 513. The van der Waals surface area contributed by atoms with E-state index in [0.717, 1.165) is 24.0 Å². The summed E-state index contributed by atoms with van der Waals surface area (Å²) in [6.45, 7) is 0. The summed E-state index contributed by atoms with van der Waals surface area (Å²) in [6, 6.07) is 19.1. The molecule has 0 spiro atoms. The van der Waals surface area contributed by atoms with Gasteiger partial charge in [-0.1, -0.05) is 60.7 Å². The number of benzene rings is 2. The van der Waals surface area contributed by atoms with Crippen LogP contribution in [0.2, 0.25) is 0 Å². The second-order valence-corrected chi connectivity index (χ2v) is 5.66. The molecule has 0 heterocycles. The van der Waals surface area contributed by atoms with Gasteiger partial charge in [0.05, 0.1) is 0 Å². The van der Waals surface area contributed by atoms with Gasteiger partial charge in [0.2, 0.25) is 0 Å². The fourth-order valence-corrected chi connectivity index (χ4v) is 3.37. The molecule has 0 radical (unpaired) electrons. The van der Waals surface area contributed by atoms with Crippen LogP contribution in [0.3, 0.4) is 0 Å². The second-order valence-electron chi connectivity index (χ2n) is 5.66. The fourth-order valence-electron chi connectivity index (χ4n) is 3.37. The third-order valence-electron chi connectivity index (χ3n) is 4.51. The zero-order chi connectivity index (χ0) is 14.1. The van der Waals surface area contributed by atoms with Gasteiger partial charge < -0.3 is 10.2 Å². The molecule has 0 unspecified atom stereocenters. The van der Waals surface area contributed by atoms with E-state index in [-0.39, 0.29) is 0 Å². The molecule has 0 saturated heterocycles. The Morgan fingerprint density at radius 1 is 0.600 bits per heavy atom. The highest BCUT2D eigenvalue weighted by Crippen LogP contribution is 2.50. The number of hydrogen-bond donors (Lipinski definition) is 2. The molecule has 2 heteroatoms. The van der Waals surface area contributed by atoms with Gasteiger partial charge in [0.15, 0.2) is 0 Å². The third-order valence-corrected chi connectivity index (χ3v) is 4.51. The molecule has 1 fully saturated rings. The Balaban J connectivity index is 2.12. The molecular weight excluding hydrogens is 248 g/mol. The zero-order valence-electron chi connectivity index (χ0n) is 11.5. The molecule has 2 N–H and O–H groups in total. The van der Waals surface area contributed by atoms with Crippen LogP contribution in [0.25, 0.3) is 0 Å². The lowest BCUT2D eigenvalue weighted by molar-refractivity contribution is -0.189. The minimum Gasteiger partial charge on any atom is -0.382 e. The molecule has 0 aliphatic heterocycles. The predicted molar refractivity (Wildman–Crippen MR) is 79.1 cm³/mol. The van der Waals surface area contributed by atoms with Gasteiger partial charge in [-0.05, 0) is 36.8 Å². The van der Waals surface area contributed by atoms with E-state index in [9.17, 15) is 10.2 Å². The monoisotopic (exact) mass is 268 g/mol. The van der Waals surface area contributed by atoms with Crippen LogP contribution in [0, 0.1) is 0 Å². The molecule has 0 aromatic heterocycles. The van der Waals surface area contributed by atoms with Crippen molar-refractivity contribution in [1.82, 2.24) is 0 Å². The zero-order valence-corrected chi connectivity index (χ0v) is 11.5. The molecule has 104 valence electrons. The van der Waals surface area contributed by atoms with E-state index in [2.05, 4.69) is 0 Å². The average molecular weight is 268 g/mol. The van der Waals surface area contributed by atoms with Gasteiger partial charge in [0.1, 0.15) is 11.2 Å². The van der Waals surface area contributed by atoms with Crippen LogP contribution >= 0.6 is 0 Å². The number of hydrogen-bond acceptors (Lipinski definition) is 2. The number of aliphatic hydroxyl groups is 2. The van der Waals surface area contributed by atoms with Gasteiger partial charge >= 0.3 is 0 Å². The van der Waals surface area contributed by atoms with Crippen LogP contribution < -0.4 is 0 Å². The lowest BCUT2D eigenvalue weighted by Crippen LogP contribution is -2.51. The van der Waals surface area contributed by atoms with Gasteiger partial charge in [0, 0.05) is 0 Å². The van der Waals surface area contributed by atoms with Gasteiger partial charge in [0.25, 0.3) is 0 Å². The van der Waals surface area contributed by atoms with Crippen molar-refractivity contribution in [1.29, 1.82) is 0 Å². The van der Waals surface area contributed by atoms with Crippen molar-refractivity contribution >= 4 is 0 Å². The maximum atomic E-state index is 11.3. The first-order valence-corrected chi connectivity index (χ1v) is 7.23. The minimum atomic E-state index is -1.21. The van der Waals surface area contributed by atoms with E-state index in [0.29, 0.717) is 12.8 Å². The molecule has 1 saturated carbocycles. The van der Waals surface area contributed by atoms with E-state index in [1.165, 1.54) is 0 Å². The second kappa shape index (κ2) is 5.04. The smallest absolute Gasteiger partial charge is 0.122 e. The molecular formula is C18H20O2. The number of rotatable bonds is 2. The minimum absolute atomic E-state index is 0.586. The molecule has 2 atom stereocenters. The van der Waals surface area contributed by atoms with Crippen LogP contribution in [-0.4, -0.2) is 10.2 Å². The van der Waals surface area contributed by atoms with Crippen molar-refractivity contribution in [3.63, 3.8) is 0 Å². The van der Waals surface area contributed by atoms with Crippen molar-refractivity contribution in [3.8, 4) is 0 Å². The van der Waals surface area contributed by atoms with E-state index < -0.39 is 11.2 Å². The van der Waals surface area contributed by atoms with E-state index in [4.69, 9.17) is 0 Å². The van der Waals surface area contributed by atoms with Crippen LogP contribution in [0.1, 0.15) is 36.8 Å². The molecule has 20 heavy (non-hydrogen) atoms. The summed E-state index contributed by atoms with van der Waals surface area (Å²) in [4.78, 5) is 0. The highest BCUT2D eigenvalue weighted by molar-refractivity contribution is 5.34. The normalized spacial score (nSPS) is 30.1. The topological polar surface area (TPSA) is 40.5 Å². The largest absolute Gasteiger partial charge is 0.382 e. The Hall–Kier alpha value is -1.64. The van der Waals surface area contributed by atoms with Crippen molar-refractivity contribution in [3.05, 3.63) is 71.8 Å². The SMILES string of the molecule is O[C@]1(c2ccccc2)CCCC[C@]1(O)c1ccccc1. The first-order chi connectivity index (χ1) is 9.67. The maximum Gasteiger partial charge on any atom is 0.122 e. The highest BCUT2D eigenvalue weighted by atomic mass is 16.4. The molecule has 0 bridgehead atoms. The summed E-state index contributed by atoms with van der Waals surface area (Å²) < 4.78 is 0. The van der Waals surface area contributed by atoms with Crippen molar-refractivity contribution in [2.24, 2.45) is 0 Å². The molecule has 2 nitrogen and oxygen atoms in total. The van der Waals surface area contributed by atoms with Gasteiger partial charge in [-0.15, -0.1) is 0 Å². The first-order valence-electron chi connectivity index (χ1n) is 7.23. The van der Waals surface area contributed by atoms with Crippen LogP contribution in [0.4, 0.5) is 0 Å². The summed E-state index contributed by atoms with van der Waals surface area (Å²) >= 11 is 0. The average Bonchev–Trinajstić information content (AvgIpc) is 2.52. The van der Waals surface area contributed by atoms with E-state index in [1.54, 1.807) is 0 Å². The maximum absolute atomic E-state index is 11.3. The third kappa shape index (κ3) is 1.96. The Kier molecular flexibility index (Phi) is 3.36. The lowest BCUT2D eigenvalue weighted by atomic mass is 9.65. The van der Waals surface area contributed by atoms with Crippen LogP contribution in [0.5, 0.6) is 0 Å². The Morgan fingerprint density at radius 3 is 1.30 bits per heavy atom. The van der Waals surface area contributed by atoms with Crippen LogP contribution in [0.15, 0.2) is 60.7 Å². The molecule has 0 amide bonds. The Morgan fingerprint density at radius 2 is 0.950 bits per heavy atom. The predicted octanol–water partition coefficient (Wildman–Crippen LogP) is 3.34. The molecule has 1 aliphatic rings. The molecule has 1 aliphatic carbocycles. The van der Waals surface area contributed by atoms with E-state index in [1.807, 2.05) is 60.7 Å². The first kappa shape index (κ1) is 13.3. The van der Waals surface area contributed by atoms with Crippen molar-refractivity contribution < 1.29 is 10.2 Å². The van der Waals surface area contributed by atoms with Gasteiger partial charge in [-0.2, -0.15) is 0 Å². The summed E-state index contributed by atoms with van der Waals surface area (Å²) in [5, 5.41) is 22.5. The summed E-state index contributed by atoms with van der Waals surface area (Å²) in [5.74, 6) is 0. The van der Waals surface area contributed by atoms with E-state index >= 15 is 0 Å². The van der Waals surface area contributed by atoms with Gasteiger partial charge in [-0.3, -0.25) is 0 Å². The standard InChI is InChI=1S/C18H20O2/c19-17(15-9-3-1-4-10-15)13-7-8-14-18(17,20)16-11-5-2-6-12-16/h1-6,9-12,19-20H,7-8,13-14H2/t17-,18-/m0/s1. The lowest BCUT2D eigenvalue weighted by Gasteiger charge is -2.47. The van der Waals surface area contributed by atoms with Crippen molar-refractivity contribution in [2.45, 2.75) is 36.9 Å². The molecule has 2 aromatic rings. The van der Waals surface area contributed by atoms with Crippen LogP contribution in [-0.2, 0) is 11.2 Å². The summed E-state index contributed by atoms with van der Waals surface area (Å²) in [7, 11) is 0. The van der Waals surface area contributed by atoms with Crippen molar-refractivity contribution in [2.75, 3.05) is 0 Å². The quantitative estimate of drug-likeness (QED) is 0.877. The summed E-state index contributed by atoms with van der Waals surface area (Å²) in [5.41, 5.74) is -0.834.